The smallest absolute Gasteiger partial charge is 0.169 e. The van der Waals surface area contributed by atoms with E-state index in [1.54, 1.807) is 14.0 Å². The fraction of sp³-hybridized carbons (Fsp3) is 0.421. The van der Waals surface area contributed by atoms with Gasteiger partial charge < -0.3 is 9.47 Å². The number of thiophene rings is 1. The van der Waals surface area contributed by atoms with Crippen molar-refractivity contribution in [2.45, 2.75) is 26.0 Å². The van der Waals surface area contributed by atoms with Crippen LogP contribution in [-0.2, 0) is 17.7 Å². The Kier molecular flexibility index (Phi) is 5.66. The molecular weight excluding hydrogens is 322 g/mol. The van der Waals surface area contributed by atoms with Crippen molar-refractivity contribution in [1.29, 1.82) is 0 Å². The first-order chi connectivity index (χ1) is 11.6. The summed E-state index contributed by atoms with van der Waals surface area (Å²) in [5.74, 6) is 1.02. The molecular formula is C19H23NO3S. The average Bonchev–Trinajstić information content (AvgIpc) is 3.05. The van der Waals surface area contributed by atoms with Crippen LogP contribution in [0.5, 0.6) is 5.75 Å². The molecule has 1 saturated heterocycles. The number of carbonyl (C=O) groups is 1. The van der Waals surface area contributed by atoms with E-state index in [0.29, 0.717) is 0 Å². The Labute approximate surface area is 147 Å². The highest BCUT2D eigenvalue weighted by atomic mass is 32.1. The number of hydrogen-bond acceptors (Lipinski definition) is 5. The Morgan fingerprint density at radius 1 is 1.33 bits per heavy atom. The van der Waals surface area contributed by atoms with Gasteiger partial charge in [-0.1, -0.05) is 12.1 Å². The first-order valence-electron chi connectivity index (χ1n) is 8.19. The van der Waals surface area contributed by atoms with E-state index in [1.807, 2.05) is 18.2 Å². The van der Waals surface area contributed by atoms with Crippen LogP contribution in [0.4, 0.5) is 0 Å². The van der Waals surface area contributed by atoms with E-state index in [2.05, 4.69) is 22.4 Å². The predicted octanol–water partition coefficient (Wildman–Crippen LogP) is 3.40. The number of ether oxygens (including phenoxy) is 2. The maximum atomic E-state index is 11.4. The van der Waals surface area contributed by atoms with Crippen molar-refractivity contribution in [1.82, 2.24) is 4.90 Å². The van der Waals surface area contributed by atoms with Crippen LogP contribution in [0.2, 0.25) is 0 Å². The number of rotatable bonds is 6. The van der Waals surface area contributed by atoms with E-state index in [9.17, 15) is 4.79 Å². The summed E-state index contributed by atoms with van der Waals surface area (Å²) in [4.78, 5) is 14.7. The molecule has 128 valence electrons. The van der Waals surface area contributed by atoms with Crippen LogP contribution in [0, 0.1) is 0 Å². The minimum absolute atomic E-state index is 0.144. The van der Waals surface area contributed by atoms with Gasteiger partial charge in [0.1, 0.15) is 5.75 Å². The molecule has 1 aliphatic rings. The van der Waals surface area contributed by atoms with Gasteiger partial charge in [-0.2, -0.15) is 0 Å². The van der Waals surface area contributed by atoms with Gasteiger partial charge in [-0.3, -0.25) is 9.69 Å². The zero-order chi connectivity index (χ0) is 16.9. The number of carbonyl (C=O) groups excluding carboxylic acids is 1. The third-order valence-corrected chi connectivity index (χ3v) is 5.33. The lowest BCUT2D eigenvalue weighted by atomic mass is 10.1. The van der Waals surface area contributed by atoms with Crippen LogP contribution in [0.3, 0.4) is 0 Å². The molecule has 0 N–H and O–H groups in total. The molecule has 24 heavy (non-hydrogen) atoms. The number of ketones is 1. The molecule has 2 aromatic rings. The monoisotopic (exact) mass is 345 g/mol. The summed E-state index contributed by atoms with van der Waals surface area (Å²) in [6.07, 6.45) is 1.11. The van der Waals surface area contributed by atoms with Crippen molar-refractivity contribution in [3.63, 3.8) is 0 Å². The first-order valence-corrected chi connectivity index (χ1v) is 9.07. The summed E-state index contributed by atoms with van der Waals surface area (Å²) in [5.41, 5.74) is 2.48. The van der Waals surface area contributed by atoms with Crippen molar-refractivity contribution in [3.05, 3.63) is 51.7 Å². The molecule has 1 aromatic heterocycles. The first kappa shape index (κ1) is 17.1. The minimum Gasteiger partial charge on any atom is -0.497 e. The summed E-state index contributed by atoms with van der Waals surface area (Å²) in [5, 5.41) is 2.09. The third-order valence-electron chi connectivity index (χ3n) is 4.25. The maximum Gasteiger partial charge on any atom is 0.169 e. The summed E-state index contributed by atoms with van der Waals surface area (Å²) in [6.45, 7) is 5.10. The predicted molar refractivity (Wildman–Crippen MR) is 96.0 cm³/mol. The quantitative estimate of drug-likeness (QED) is 0.752. The minimum atomic E-state index is 0.144. The van der Waals surface area contributed by atoms with Crippen LogP contribution in [-0.4, -0.2) is 43.6 Å². The molecule has 0 saturated carbocycles. The zero-order valence-corrected chi connectivity index (χ0v) is 15.0. The molecule has 1 fully saturated rings. The van der Waals surface area contributed by atoms with Crippen molar-refractivity contribution in [2.24, 2.45) is 0 Å². The summed E-state index contributed by atoms with van der Waals surface area (Å²) < 4.78 is 11.1. The molecule has 3 rings (SSSR count). The lowest BCUT2D eigenvalue weighted by molar-refractivity contribution is -0.0304. The molecule has 2 heterocycles. The maximum absolute atomic E-state index is 11.4. The number of nitrogens with zero attached hydrogens (tertiary/aromatic N) is 1. The van der Waals surface area contributed by atoms with E-state index in [4.69, 9.17) is 9.47 Å². The van der Waals surface area contributed by atoms with Crippen LogP contribution in [0.1, 0.15) is 27.7 Å². The molecule has 0 unspecified atom stereocenters. The number of Topliss-reactive ketones (excluding diaryl/α,β-unsaturated/α-hetero) is 1. The van der Waals surface area contributed by atoms with Gasteiger partial charge >= 0.3 is 0 Å². The Bertz CT molecular complexity index is 680. The Hall–Kier alpha value is -1.69. The summed E-state index contributed by atoms with van der Waals surface area (Å²) in [6, 6.07) is 10.2. The van der Waals surface area contributed by atoms with Gasteiger partial charge in [0.25, 0.3) is 0 Å². The second-order valence-corrected chi connectivity index (χ2v) is 7.07. The van der Waals surface area contributed by atoms with Gasteiger partial charge in [-0.25, -0.2) is 0 Å². The number of hydrogen-bond donors (Lipinski definition) is 0. The molecule has 0 spiro atoms. The second-order valence-electron chi connectivity index (χ2n) is 6.16. The van der Waals surface area contributed by atoms with E-state index >= 15 is 0 Å². The van der Waals surface area contributed by atoms with E-state index in [1.165, 1.54) is 22.5 Å². The molecule has 0 amide bonds. The fourth-order valence-electron chi connectivity index (χ4n) is 2.97. The number of morpholine rings is 1. The molecule has 1 aliphatic heterocycles. The third kappa shape index (κ3) is 4.44. The Balaban J connectivity index is 1.56. The van der Waals surface area contributed by atoms with Gasteiger partial charge in [-0.15, -0.1) is 11.3 Å². The lowest BCUT2D eigenvalue weighted by Gasteiger charge is -2.32. The number of benzene rings is 1. The zero-order valence-electron chi connectivity index (χ0n) is 14.2. The van der Waals surface area contributed by atoms with E-state index in [-0.39, 0.29) is 11.9 Å². The Morgan fingerprint density at radius 3 is 2.79 bits per heavy atom. The largest absolute Gasteiger partial charge is 0.497 e. The molecule has 5 heteroatoms. The van der Waals surface area contributed by atoms with Gasteiger partial charge in [0.15, 0.2) is 5.78 Å². The SMILES string of the molecule is COc1ccc(C[C@H]2CN(Cc3csc(C(C)=O)c3)CCO2)cc1. The van der Waals surface area contributed by atoms with Crippen molar-refractivity contribution in [3.8, 4) is 5.75 Å². The van der Waals surface area contributed by atoms with Crippen LogP contribution < -0.4 is 4.74 Å². The van der Waals surface area contributed by atoms with Gasteiger partial charge in [0.2, 0.25) is 0 Å². The topological polar surface area (TPSA) is 38.8 Å². The highest BCUT2D eigenvalue weighted by Gasteiger charge is 2.21. The van der Waals surface area contributed by atoms with Crippen LogP contribution in [0.15, 0.2) is 35.7 Å². The highest BCUT2D eigenvalue weighted by Crippen LogP contribution is 2.20. The average molecular weight is 345 g/mol. The molecule has 4 nitrogen and oxygen atoms in total. The second kappa shape index (κ2) is 7.92. The van der Waals surface area contributed by atoms with Crippen molar-refractivity contribution >= 4 is 17.1 Å². The molecule has 0 bridgehead atoms. The lowest BCUT2D eigenvalue weighted by Crippen LogP contribution is -2.42. The van der Waals surface area contributed by atoms with Gasteiger partial charge in [0, 0.05) is 19.6 Å². The fourth-order valence-corrected chi connectivity index (χ4v) is 3.78. The van der Waals surface area contributed by atoms with E-state index in [0.717, 1.165) is 43.3 Å². The normalized spacial score (nSPS) is 18.5. The highest BCUT2D eigenvalue weighted by molar-refractivity contribution is 7.12. The number of methoxy groups -OCH3 is 1. The van der Waals surface area contributed by atoms with Crippen molar-refractivity contribution < 1.29 is 14.3 Å². The molecule has 0 aliphatic carbocycles. The van der Waals surface area contributed by atoms with Gasteiger partial charge in [-0.05, 0) is 48.1 Å². The molecule has 1 aromatic carbocycles. The Morgan fingerprint density at radius 2 is 2.12 bits per heavy atom. The molecule has 1 atom stereocenters. The van der Waals surface area contributed by atoms with Crippen LogP contribution >= 0.6 is 11.3 Å². The summed E-state index contributed by atoms with van der Waals surface area (Å²) >= 11 is 1.53. The van der Waals surface area contributed by atoms with Crippen LogP contribution in [0.25, 0.3) is 0 Å². The molecule has 0 radical (unpaired) electrons. The standard InChI is InChI=1S/C19H23NO3S/c1-14(21)19-10-16(13-24-19)11-20-7-8-23-18(12-20)9-15-3-5-17(22-2)6-4-15/h3-6,10,13,18H,7-9,11-12H2,1-2H3/t18-/m0/s1. The van der Waals surface area contributed by atoms with Crippen molar-refractivity contribution in [2.75, 3.05) is 26.8 Å². The van der Waals surface area contributed by atoms with E-state index < -0.39 is 0 Å². The summed E-state index contributed by atoms with van der Waals surface area (Å²) in [7, 11) is 1.68. The van der Waals surface area contributed by atoms with Gasteiger partial charge in [0.05, 0.1) is 24.7 Å².